The molecule has 5 nitrogen and oxygen atoms in total. The number of amides is 2. The molecule has 1 unspecified atom stereocenters. The molecule has 3 rings (SSSR count). The molecular formula is C28H29ClF2N2O3S. The highest BCUT2D eigenvalue weighted by molar-refractivity contribution is 7.99. The minimum atomic E-state index is -1.17. The zero-order valence-corrected chi connectivity index (χ0v) is 22.4. The third-order valence-corrected chi connectivity index (χ3v) is 7.19. The summed E-state index contributed by atoms with van der Waals surface area (Å²) >= 11 is 8.21. The molecule has 3 aromatic rings. The molecule has 0 aliphatic rings. The van der Waals surface area contributed by atoms with Gasteiger partial charge in [-0.3, -0.25) is 9.59 Å². The monoisotopic (exact) mass is 546 g/mol. The lowest BCUT2D eigenvalue weighted by atomic mass is 9.83. The number of anilines is 2. The van der Waals surface area contributed by atoms with E-state index in [1.165, 1.54) is 0 Å². The SMILES string of the molecule is CCSc1ccc(C(CCO)C(=O)Nc2ccc(C(C)(C)C(=O)Nc3ccc(F)cc3F)c(Cl)c2)cc1. The highest BCUT2D eigenvalue weighted by atomic mass is 35.5. The van der Waals surface area contributed by atoms with Crippen molar-refractivity contribution in [3.8, 4) is 0 Å². The van der Waals surface area contributed by atoms with E-state index in [0.717, 1.165) is 28.3 Å². The highest BCUT2D eigenvalue weighted by Crippen LogP contribution is 2.34. The summed E-state index contributed by atoms with van der Waals surface area (Å²) in [5, 5.41) is 15.1. The van der Waals surface area contributed by atoms with Gasteiger partial charge >= 0.3 is 0 Å². The molecule has 0 aromatic heterocycles. The van der Waals surface area contributed by atoms with Gasteiger partial charge < -0.3 is 15.7 Å². The molecule has 3 aromatic carbocycles. The first-order valence-corrected chi connectivity index (χ1v) is 13.1. The molecule has 0 saturated carbocycles. The fraction of sp³-hybridized carbons (Fsp3) is 0.286. The third kappa shape index (κ3) is 7.09. The number of carbonyl (C=O) groups is 2. The standard InChI is InChI=1S/C28H29ClF2N2O3S/c1-4-37-20-9-5-17(6-10-20)21(13-14-34)26(35)32-19-8-11-22(23(29)16-19)28(2,3)27(36)33-25-12-7-18(30)15-24(25)31/h5-12,15-16,21,34H,4,13-14H2,1-3H3,(H,32,35)(H,33,36). The van der Waals surface area contributed by atoms with Crippen molar-refractivity contribution < 1.29 is 23.5 Å². The second-order valence-corrected chi connectivity index (χ2v) is 10.7. The van der Waals surface area contributed by atoms with Crippen molar-refractivity contribution in [2.24, 2.45) is 0 Å². The van der Waals surface area contributed by atoms with Crippen LogP contribution in [-0.4, -0.2) is 29.3 Å². The molecule has 0 radical (unpaired) electrons. The van der Waals surface area contributed by atoms with Gasteiger partial charge in [-0.1, -0.05) is 36.7 Å². The molecule has 9 heteroatoms. The van der Waals surface area contributed by atoms with Crippen molar-refractivity contribution in [1.29, 1.82) is 0 Å². The number of hydrogen-bond donors (Lipinski definition) is 3. The zero-order chi connectivity index (χ0) is 27.2. The smallest absolute Gasteiger partial charge is 0.234 e. The second kappa shape index (κ2) is 12.5. The summed E-state index contributed by atoms with van der Waals surface area (Å²) in [6.07, 6.45) is 0.255. The van der Waals surface area contributed by atoms with Crippen LogP contribution in [0.25, 0.3) is 0 Å². The van der Waals surface area contributed by atoms with E-state index in [2.05, 4.69) is 17.6 Å². The van der Waals surface area contributed by atoms with E-state index in [9.17, 15) is 23.5 Å². The Morgan fingerprint density at radius 2 is 1.73 bits per heavy atom. The number of nitrogens with one attached hydrogen (secondary N) is 2. The summed E-state index contributed by atoms with van der Waals surface area (Å²) in [7, 11) is 0. The van der Waals surface area contributed by atoms with Crippen LogP contribution in [0.1, 0.15) is 44.2 Å². The Hall–Kier alpha value is -2.94. The summed E-state index contributed by atoms with van der Waals surface area (Å²) in [4.78, 5) is 27.1. The minimum Gasteiger partial charge on any atom is -0.396 e. The average Bonchev–Trinajstić information content (AvgIpc) is 2.85. The molecule has 37 heavy (non-hydrogen) atoms. The average molecular weight is 547 g/mol. The van der Waals surface area contributed by atoms with E-state index >= 15 is 0 Å². The molecule has 0 aliphatic heterocycles. The first-order valence-electron chi connectivity index (χ1n) is 11.8. The summed E-state index contributed by atoms with van der Waals surface area (Å²) in [5.74, 6) is -2.08. The first kappa shape index (κ1) is 28.6. The van der Waals surface area contributed by atoms with Crippen molar-refractivity contribution in [3.63, 3.8) is 0 Å². The maximum atomic E-state index is 14.0. The largest absolute Gasteiger partial charge is 0.396 e. The topological polar surface area (TPSA) is 78.4 Å². The Labute approximate surface area is 224 Å². The number of halogens is 3. The van der Waals surface area contributed by atoms with Crippen molar-refractivity contribution in [2.75, 3.05) is 23.0 Å². The van der Waals surface area contributed by atoms with Crippen molar-refractivity contribution in [1.82, 2.24) is 0 Å². The maximum Gasteiger partial charge on any atom is 0.234 e. The van der Waals surface area contributed by atoms with Gasteiger partial charge in [0.1, 0.15) is 11.6 Å². The van der Waals surface area contributed by atoms with Crippen molar-refractivity contribution in [2.45, 2.75) is 43.4 Å². The van der Waals surface area contributed by atoms with Crippen LogP contribution in [0.3, 0.4) is 0 Å². The zero-order valence-electron chi connectivity index (χ0n) is 20.8. The van der Waals surface area contributed by atoms with Gasteiger partial charge in [0.05, 0.1) is 17.0 Å². The number of hydrogen-bond acceptors (Lipinski definition) is 4. The van der Waals surface area contributed by atoms with Crippen LogP contribution in [0.4, 0.5) is 20.2 Å². The Bertz CT molecular complexity index is 1270. The fourth-order valence-corrected chi connectivity index (χ4v) is 4.94. The second-order valence-electron chi connectivity index (χ2n) is 8.95. The Morgan fingerprint density at radius 1 is 1.03 bits per heavy atom. The molecular weight excluding hydrogens is 518 g/mol. The number of carbonyl (C=O) groups excluding carboxylic acids is 2. The number of benzene rings is 3. The number of thioether (sulfide) groups is 1. The molecule has 2 amide bonds. The van der Waals surface area contributed by atoms with Crippen LogP contribution in [0.2, 0.25) is 5.02 Å². The van der Waals surface area contributed by atoms with Crippen LogP contribution >= 0.6 is 23.4 Å². The van der Waals surface area contributed by atoms with E-state index < -0.39 is 28.9 Å². The predicted octanol–water partition coefficient (Wildman–Crippen LogP) is 6.75. The molecule has 0 bridgehead atoms. The van der Waals surface area contributed by atoms with Gasteiger partial charge in [-0.15, -0.1) is 11.8 Å². The highest BCUT2D eigenvalue weighted by Gasteiger charge is 2.33. The number of aliphatic hydroxyl groups excluding tert-OH is 1. The lowest BCUT2D eigenvalue weighted by Crippen LogP contribution is -2.35. The van der Waals surface area contributed by atoms with Gasteiger partial charge in [0.15, 0.2) is 0 Å². The molecule has 0 saturated heterocycles. The van der Waals surface area contributed by atoms with Gasteiger partial charge in [-0.05, 0) is 73.5 Å². The van der Waals surface area contributed by atoms with Crippen LogP contribution < -0.4 is 10.6 Å². The minimum absolute atomic E-state index is 0.143. The number of rotatable bonds is 10. The van der Waals surface area contributed by atoms with Gasteiger partial charge in [-0.2, -0.15) is 0 Å². The van der Waals surface area contributed by atoms with Crippen molar-refractivity contribution in [3.05, 3.63) is 88.4 Å². The van der Waals surface area contributed by atoms with E-state index in [4.69, 9.17) is 11.6 Å². The van der Waals surface area contributed by atoms with Crippen LogP contribution in [0.5, 0.6) is 0 Å². The fourth-order valence-electron chi connectivity index (χ4n) is 3.86. The number of aliphatic hydroxyl groups is 1. The van der Waals surface area contributed by atoms with E-state index in [0.29, 0.717) is 17.3 Å². The van der Waals surface area contributed by atoms with Crippen LogP contribution in [0.15, 0.2) is 65.6 Å². The summed E-state index contributed by atoms with van der Waals surface area (Å²) < 4.78 is 27.2. The summed E-state index contributed by atoms with van der Waals surface area (Å²) in [5.41, 5.74) is 0.373. The third-order valence-electron chi connectivity index (χ3n) is 5.98. The van der Waals surface area contributed by atoms with Gasteiger partial charge in [0.25, 0.3) is 0 Å². The summed E-state index contributed by atoms with van der Waals surface area (Å²) in [6.45, 7) is 5.17. The molecule has 0 heterocycles. The summed E-state index contributed by atoms with van der Waals surface area (Å²) in [6, 6.07) is 15.4. The van der Waals surface area contributed by atoms with Gasteiger partial charge in [-0.25, -0.2) is 8.78 Å². The molecule has 0 aliphatic carbocycles. The molecule has 1 atom stereocenters. The quantitative estimate of drug-likeness (QED) is 0.246. The Kier molecular flexibility index (Phi) is 9.70. The van der Waals surface area contributed by atoms with E-state index in [1.54, 1.807) is 43.8 Å². The van der Waals surface area contributed by atoms with Crippen LogP contribution in [-0.2, 0) is 15.0 Å². The molecule has 0 fully saturated rings. The first-order chi connectivity index (χ1) is 17.6. The van der Waals surface area contributed by atoms with E-state index in [1.807, 2.05) is 24.3 Å². The van der Waals surface area contributed by atoms with Gasteiger partial charge in [0, 0.05) is 28.3 Å². The maximum absolute atomic E-state index is 14.0. The van der Waals surface area contributed by atoms with E-state index in [-0.39, 0.29) is 29.6 Å². The Morgan fingerprint density at radius 3 is 2.32 bits per heavy atom. The Balaban J connectivity index is 1.76. The van der Waals surface area contributed by atoms with Crippen molar-refractivity contribution >= 4 is 46.6 Å². The lowest BCUT2D eigenvalue weighted by Gasteiger charge is -2.26. The van der Waals surface area contributed by atoms with Crippen LogP contribution in [0, 0.1) is 11.6 Å². The molecule has 0 spiro atoms. The van der Waals surface area contributed by atoms with Gasteiger partial charge in [0.2, 0.25) is 11.8 Å². The predicted molar refractivity (Wildman–Crippen MR) is 145 cm³/mol. The lowest BCUT2D eigenvalue weighted by molar-refractivity contribution is -0.120. The molecule has 196 valence electrons. The molecule has 3 N–H and O–H groups in total. The normalized spacial score (nSPS) is 12.2.